The number of rotatable bonds is 1. The summed E-state index contributed by atoms with van der Waals surface area (Å²) in [5.74, 6) is -1.19. The van der Waals surface area contributed by atoms with E-state index < -0.39 is 23.2 Å². The number of nitrogens with two attached hydrogens (primary N) is 1. The molecular weight excluding hydrogens is 345 g/mol. The molecule has 0 saturated heterocycles. The van der Waals surface area contributed by atoms with Crippen LogP contribution >= 0.6 is 34.2 Å². The molecule has 0 spiro atoms. The van der Waals surface area contributed by atoms with Crippen LogP contribution in [0.25, 0.3) is 0 Å². The Kier molecular flexibility index (Phi) is 3.49. The molecule has 1 aromatic rings. The first kappa shape index (κ1) is 12.6. The summed E-state index contributed by atoms with van der Waals surface area (Å²) >= 11 is 7.20. The van der Waals surface area contributed by atoms with Crippen LogP contribution in [0.1, 0.15) is 15.9 Å². The van der Waals surface area contributed by atoms with Crippen molar-refractivity contribution < 1.29 is 18.0 Å². The van der Waals surface area contributed by atoms with E-state index in [-0.39, 0.29) is 8.59 Å². The van der Waals surface area contributed by atoms with Crippen LogP contribution in [-0.2, 0) is 6.18 Å². The van der Waals surface area contributed by atoms with Gasteiger partial charge in [-0.25, -0.2) is 0 Å². The summed E-state index contributed by atoms with van der Waals surface area (Å²) in [7, 11) is 0. The highest BCUT2D eigenvalue weighted by molar-refractivity contribution is 14.1. The van der Waals surface area contributed by atoms with E-state index in [4.69, 9.17) is 17.3 Å². The van der Waals surface area contributed by atoms with Crippen molar-refractivity contribution in [2.45, 2.75) is 6.18 Å². The molecule has 0 aliphatic rings. The zero-order chi connectivity index (χ0) is 11.8. The maximum atomic E-state index is 12.5. The summed E-state index contributed by atoms with van der Waals surface area (Å²) in [6, 6.07) is 2.07. The van der Waals surface area contributed by atoms with Gasteiger partial charge in [0.1, 0.15) is 0 Å². The third-order valence-corrected chi connectivity index (χ3v) is 2.53. The zero-order valence-corrected chi connectivity index (χ0v) is 9.94. The molecule has 0 heterocycles. The van der Waals surface area contributed by atoms with Gasteiger partial charge in [-0.3, -0.25) is 4.79 Å². The molecular formula is C8H4ClF3INO. The van der Waals surface area contributed by atoms with Crippen LogP contribution in [0.2, 0.25) is 5.02 Å². The normalized spacial score (nSPS) is 11.5. The largest absolute Gasteiger partial charge is 0.417 e. The van der Waals surface area contributed by atoms with E-state index in [9.17, 15) is 18.0 Å². The smallest absolute Gasteiger partial charge is 0.366 e. The lowest BCUT2D eigenvalue weighted by molar-refractivity contribution is -0.137. The number of alkyl halides is 3. The fraction of sp³-hybridized carbons (Fsp3) is 0.125. The second-order valence-corrected chi connectivity index (χ2v) is 4.33. The predicted octanol–water partition coefficient (Wildman–Crippen LogP) is 3.06. The van der Waals surface area contributed by atoms with Gasteiger partial charge in [0.15, 0.2) is 0 Å². The van der Waals surface area contributed by atoms with Crippen molar-refractivity contribution in [2.75, 3.05) is 0 Å². The Morgan fingerprint density at radius 3 is 2.33 bits per heavy atom. The quantitative estimate of drug-likeness (QED) is 0.778. The Labute approximate surface area is 102 Å². The van der Waals surface area contributed by atoms with Gasteiger partial charge >= 0.3 is 6.18 Å². The number of carbonyl (C=O) groups excluding carboxylic acids is 1. The fourth-order valence-corrected chi connectivity index (χ4v) is 2.17. The Morgan fingerprint density at radius 1 is 1.40 bits per heavy atom. The number of amides is 1. The van der Waals surface area contributed by atoms with E-state index in [0.717, 1.165) is 6.07 Å². The molecule has 0 bridgehead atoms. The first-order chi connectivity index (χ1) is 6.73. The molecule has 0 radical (unpaired) electrons. The average molecular weight is 349 g/mol. The molecule has 0 unspecified atom stereocenters. The van der Waals surface area contributed by atoms with Gasteiger partial charge in [0.05, 0.1) is 16.1 Å². The lowest BCUT2D eigenvalue weighted by Crippen LogP contribution is -2.19. The van der Waals surface area contributed by atoms with Gasteiger partial charge in [0.25, 0.3) is 5.91 Å². The second-order valence-electron chi connectivity index (χ2n) is 2.67. The summed E-state index contributed by atoms with van der Waals surface area (Å²) in [4.78, 5) is 10.8. The van der Waals surface area contributed by atoms with Crippen molar-refractivity contribution in [1.82, 2.24) is 0 Å². The highest BCUT2D eigenvalue weighted by Gasteiger charge is 2.36. The number of halogens is 5. The lowest BCUT2D eigenvalue weighted by Gasteiger charge is -2.12. The summed E-state index contributed by atoms with van der Waals surface area (Å²) < 4.78 is 37.8. The maximum Gasteiger partial charge on any atom is 0.417 e. The van der Waals surface area contributed by atoms with E-state index >= 15 is 0 Å². The van der Waals surface area contributed by atoms with E-state index in [1.54, 1.807) is 22.6 Å². The highest BCUT2D eigenvalue weighted by Crippen LogP contribution is 2.36. The highest BCUT2D eigenvalue weighted by atomic mass is 127. The summed E-state index contributed by atoms with van der Waals surface area (Å²) in [6.07, 6.45) is -4.64. The van der Waals surface area contributed by atoms with Crippen molar-refractivity contribution in [3.8, 4) is 0 Å². The summed E-state index contributed by atoms with van der Waals surface area (Å²) in [5.41, 5.74) is 3.04. The second kappa shape index (κ2) is 4.17. The summed E-state index contributed by atoms with van der Waals surface area (Å²) in [5, 5.41) is -0.290. The standard InChI is InChI=1S/C8H4ClF3INO/c9-5-2-3(13)1-4(8(10,11)12)6(5)7(14)15/h1-2H,(H2,14,15). The van der Waals surface area contributed by atoms with Gasteiger partial charge in [0, 0.05) is 3.57 Å². The molecule has 7 heteroatoms. The summed E-state index contributed by atoms with van der Waals surface area (Å²) in [6.45, 7) is 0. The molecule has 0 aliphatic heterocycles. The fourth-order valence-electron chi connectivity index (χ4n) is 1.05. The average Bonchev–Trinajstić information content (AvgIpc) is 1.99. The number of hydrogen-bond donors (Lipinski definition) is 1. The van der Waals surface area contributed by atoms with E-state index in [0.29, 0.717) is 0 Å². The molecule has 0 atom stereocenters. The first-order valence-corrected chi connectivity index (χ1v) is 5.05. The minimum atomic E-state index is -4.64. The van der Waals surface area contributed by atoms with Crippen LogP contribution in [0.15, 0.2) is 12.1 Å². The van der Waals surface area contributed by atoms with Gasteiger partial charge in [-0.2, -0.15) is 13.2 Å². The van der Waals surface area contributed by atoms with Crippen molar-refractivity contribution in [3.05, 3.63) is 31.9 Å². The number of hydrogen-bond acceptors (Lipinski definition) is 1. The molecule has 2 N–H and O–H groups in total. The zero-order valence-electron chi connectivity index (χ0n) is 7.03. The van der Waals surface area contributed by atoms with E-state index in [1.807, 2.05) is 0 Å². The Hall–Kier alpha value is -0.500. The molecule has 15 heavy (non-hydrogen) atoms. The van der Waals surface area contributed by atoms with Gasteiger partial charge in [0.2, 0.25) is 0 Å². The van der Waals surface area contributed by atoms with Gasteiger partial charge in [-0.1, -0.05) is 11.6 Å². The van der Waals surface area contributed by atoms with Crippen LogP contribution in [0.3, 0.4) is 0 Å². The van der Waals surface area contributed by atoms with Gasteiger partial charge < -0.3 is 5.73 Å². The molecule has 0 aliphatic carbocycles. The third kappa shape index (κ3) is 2.75. The van der Waals surface area contributed by atoms with Crippen molar-refractivity contribution in [3.63, 3.8) is 0 Å². The van der Waals surface area contributed by atoms with Crippen LogP contribution in [0.5, 0.6) is 0 Å². The molecule has 1 amide bonds. The third-order valence-electron chi connectivity index (χ3n) is 1.61. The lowest BCUT2D eigenvalue weighted by atomic mass is 10.1. The Morgan fingerprint density at radius 2 is 1.93 bits per heavy atom. The van der Waals surface area contributed by atoms with Crippen LogP contribution < -0.4 is 5.73 Å². The van der Waals surface area contributed by atoms with Crippen molar-refractivity contribution in [2.24, 2.45) is 5.73 Å². The van der Waals surface area contributed by atoms with Crippen LogP contribution in [-0.4, -0.2) is 5.91 Å². The predicted molar refractivity (Wildman–Crippen MR) is 57.7 cm³/mol. The number of carbonyl (C=O) groups is 1. The SMILES string of the molecule is NC(=O)c1c(Cl)cc(I)cc1C(F)(F)F. The van der Waals surface area contributed by atoms with E-state index in [2.05, 4.69) is 0 Å². The van der Waals surface area contributed by atoms with Crippen LogP contribution in [0, 0.1) is 3.57 Å². The molecule has 1 rings (SSSR count). The molecule has 82 valence electrons. The molecule has 1 aromatic carbocycles. The van der Waals surface area contributed by atoms with Gasteiger partial charge in [-0.05, 0) is 34.7 Å². The molecule has 0 fully saturated rings. The maximum absolute atomic E-state index is 12.5. The van der Waals surface area contributed by atoms with E-state index in [1.165, 1.54) is 6.07 Å². The minimum absolute atomic E-state index is 0.287. The topological polar surface area (TPSA) is 43.1 Å². The Balaban J connectivity index is 3.54. The van der Waals surface area contributed by atoms with Crippen molar-refractivity contribution in [1.29, 1.82) is 0 Å². The molecule has 0 saturated carbocycles. The first-order valence-electron chi connectivity index (χ1n) is 3.59. The number of benzene rings is 1. The monoisotopic (exact) mass is 349 g/mol. The van der Waals surface area contributed by atoms with Gasteiger partial charge in [-0.15, -0.1) is 0 Å². The minimum Gasteiger partial charge on any atom is -0.366 e. The van der Waals surface area contributed by atoms with Crippen LogP contribution in [0.4, 0.5) is 13.2 Å². The Bertz CT molecular complexity index is 419. The molecule has 2 nitrogen and oxygen atoms in total. The number of primary amides is 1. The molecule has 0 aromatic heterocycles. The van der Waals surface area contributed by atoms with Crippen molar-refractivity contribution >= 4 is 40.1 Å².